The number of hydrogen-bond donors (Lipinski definition) is 1. The number of carbonyl (C=O) groups excluding carboxylic acids is 1. The van der Waals surface area contributed by atoms with E-state index in [0.29, 0.717) is 11.7 Å². The van der Waals surface area contributed by atoms with Crippen molar-refractivity contribution in [1.29, 1.82) is 0 Å². The van der Waals surface area contributed by atoms with E-state index in [2.05, 4.69) is 20.4 Å². The predicted octanol–water partition coefficient (Wildman–Crippen LogP) is 6.88. The summed E-state index contributed by atoms with van der Waals surface area (Å²) in [5.41, 5.74) is -0.649. The SMILES string of the molecule is C[C@@H](Nc1c(-c2c(F)cc(OC3CC4(C3)CC(N(C)C(=O)OC(C)(C)C)C4)cc2F)c(Cl)nc2ncnn12)C1CCC1. The average Bonchev–Trinajstić information content (AvgIpc) is 3.26. The van der Waals surface area contributed by atoms with Gasteiger partial charge in [-0.05, 0) is 77.6 Å². The second-order valence-corrected chi connectivity index (χ2v) is 13.6. The van der Waals surface area contributed by atoms with Crippen molar-refractivity contribution < 1.29 is 23.0 Å². The average molecular weight is 603 g/mol. The standard InChI is InChI=1S/C30H37ClF2N6O3/c1-16(17-7-6-8-17)36-26-24(25(31)37-27-34-15-35-39(26)27)23-21(32)9-19(10-22(23)33)41-20-13-30(14-20)11-18(12-30)38(5)28(40)42-29(2,3)4/h9-10,15-18,20,36H,6-8,11-14H2,1-5H3/t16-,18?,20?,30?/m1/s1. The highest BCUT2D eigenvalue weighted by atomic mass is 35.5. The molecule has 0 aliphatic heterocycles. The molecular formula is C30H37ClF2N6O3. The van der Waals surface area contributed by atoms with Crippen LogP contribution in [0, 0.1) is 23.0 Å². The van der Waals surface area contributed by atoms with Crippen LogP contribution < -0.4 is 10.1 Å². The Morgan fingerprint density at radius 1 is 1.17 bits per heavy atom. The van der Waals surface area contributed by atoms with Crippen molar-refractivity contribution in [2.75, 3.05) is 12.4 Å². The normalized spacial score (nSPS) is 24.5. The first-order valence-corrected chi connectivity index (χ1v) is 15.0. The fourth-order valence-corrected chi connectivity index (χ4v) is 6.77. The third-order valence-corrected chi connectivity index (χ3v) is 9.33. The third kappa shape index (κ3) is 5.36. The van der Waals surface area contributed by atoms with Crippen LogP contribution in [0.15, 0.2) is 18.5 Å². The molecule has 1 amide bonds. The highest BCUT2D eigenvalue weighted by molar-refractivity contribution is 6.33. The van der Waals surface area contributed by atoms with Gasteiger partial charge in [-0.15, -0.1) is 0 Å². The molecule has 0 radical (unpaired) electrons. The number of aromatic nitrogens is 4. The van der Waals surface area contributed by atoms with Crippen molar-refractivity contribution in [2.45, 2.75) is 96.4 Å². The largest absolute Gasteiger partial charge is 0.490 e. The minimum atomic E-state index is -0.802. The predicted molar refractivity (Wildman–Crippen MR) is 155 cm³/mol. The second-order valence-electron chi connectivity index (χ2n) is 13.3. The lowest BCUT2D eigenvalue weighted by Gasteiger charge is -2.58. The number of fused-ring (bicyclic) bond motifs is 1. The fourth-order valence-electron chi connectivity index (χ4n) is 6.51. The summed E-state index contributed by atoms with van der Waals surface area (Å²) in [5.74, 6) is -0.442. The molecule has 2 heterocycles. The van der Waals surface area contributed by atoms with Crippen molar-refractivity contribution in [1.82, 2.24) is 24.5 Å². The Balaban J connectivity index is 1.15. The van der Waals surface area contributed by atoms with Crippen LogP contribution in [-0.4, -0.2) is 61.4 Å². The summed E-state index contributed by atoms with van der Waals surface area (Å²) >= 11 is 6.52. The summed E-state index contributed by atoms with van der Waals surface area (Å²) < 4.78 is 44.2. The van der Waals surface area contributed by atoms with Gasteiger partial charge in [0.25, 0.3) is 5.78 Å². The summed E-state index contributed by atoms with van der Waals surface area (Å²) in [6, 6.07) is 2.55. The molecule has 3 aromatic rings. The Labute approximate surface area is 248 Å². The molecule has 6 rings (SSSR count). The van der Waals surface area contributed by atoms with Crippen molar-refractivity contribution in [3.63, 3.8) is 0 Å². The van der Waals surface area contributed by atoms with Gasteiger partial charge in [0.05, 0.1) is 17.2 Å². The Kier molecular flexibility index (Phi) is 7.22. The van der Waals surface area contributed by atoms with Gasteiger partial charge in [0.1, 0.15) is 40.3 Å². The Morgan fingerprint density at radius 3 is 2.43 bits per heavy atom. The maximum atomic E-state index is 15.7. The number of halogens is 3. The Hall–Kier alpha value is -3.21. The maximum Gasteiger partial charge on any atom is 0.410 e. The number of hydrogen-bond acceptors (Lipinski definition) is 7. The molecule has 42 heavy (non-hydrogen) atoms. The molecule has 9 nitrogen and oxygen atoms in total. The van der Waals surface area contributed by atoms with Crippen LogP contribution in [0.5, 0.6) is 5.75 Å². The van der Waals surface area contributed by atoms with Crippen LogP contribution in [0.4, 0.5) is 19.4 Å². The minimum absolute atomic E-state index is 0.0399. The van der Waals surface area contributed by atoms with E-state index in [4.69, 9.17) is 21.1 Å². The number of benzene rings is 1. The maximum absolute atomic E-state index is 15.7. The van der Waals surface area contributed by atoms with Gasteiger partial charge in [0.15, 0.2) is 0 Å². The zero-order valence-electron chi connectivity index (χ0n) is 24.6. The van der Waals surface area contributed by atoms with Crippen molar-refractivity contribution in [3.8, 4) is 16.9 Å². The van der Waals surface area contributed by atoms with E-state index >= 15 is 8.78 Å². The van der Waals surface area contributed by atoms with Gasteiger partial charge in [-0.25, -0.2) is 13.6 Å². The number of carbonyl (C=O) groups is 1. The molecule has 1 atom stereocenters. The van der Waals surface area contributed by atoms with Crippen LogP contribution in [0.1, 0.15) is 72.6 Å². The minimum Gasteiger partial charge on any atom is -0.490 e. The van der Waals surface area contributed by atoms with E-state index in [1.807, 2.05) is 27.7 Å². The van der Waals surface area contributed by atoms with E-state index in [1.54, 1.807) is 11.9 Å². The molecule has 226 valence electrons. The smallest absolute Gasteiger partial charge is 0.410 e. The number of ether oxygens (including phenoxy) is 2. The molecule has 3 aliphatic carbocycles. The molecular weight excluding hydrogens is 566 g/mol. The monoisotopic (exact) mass is 602 g/mol. The lowest BCUT2D eigenvalue weighted by Crippen LogP contribution is -2.59. The molecule has 0 saturated heterocycles. The molecule has 3 aliphatic rings. The van der Waals surface area contributed by atoms with Crippen LogP contribution in [0.2, 0.25) is 5.15 Å². The lowest BCUT2D eigenvalue weighted by atomic mass is 9.52. The van der Waals surface area contributed by atoms with E-state index in [9.17, 15) is 4.79 Å². The molecule has 2 aromatic heterocycles. The second kappa shape index (κ2) is 10.5. The topological polar surface area (TPSA) is 93.9 Å². The van der Waals surface area contributed by atoms with Crippen molar-refractivity contribution >= 4 is 29.3 Å². The quantitative estimate of drug-likeness (QED) is 0.295. The van der Waals surface area contributed by atoms with Crippen LogP contribution in [0.3, 0.4) is 0 Å². The number of nitrogens with one attached hydrogen (secondary N) is 1. The summed E-state index contributed by atoms with van der Waals surface area (Å²) in [5, 5.41) is 7.55. The molecule has 3 fully saturated rings. The molecule has 0 unspecified atom stereocenters. The summed E-state index contributed by atoms with van der Waals surface area (Å²) in [7, 11) is 1.77. The first kappa shape index (κ1) is 28.9. The molecule has 1 spiro atoms. The number of amides is 1. The lowest BCUT2D eigenvalue weighted by molar-refractivity contribution is -0.108. The zero-order chi connectivity index (χ0) is 30.0. The van der Waals surface area contributed by atoms with Crippen molar-refractivity contribution in [3.05, 3.63) is 35.2 Å². The van der Waals surface area contributed by atoms with Crippen LogP contribution in [0.25, 0.3) is 16.9 Å². The van der Waals surface area contributed by atoms with Crippen LogP contribution >= 0.6 is 11.6 Å². The van der Waals surface area contributed by atoms with Gasteiger partial charge >= 0.3 is 6.09 Å². The third-order valence-electron chi connectivity index (χ3n) is 9.06. The number of anilines is 1. The molecule has 1 N–H and O–H groups in total. The van der Waals surface area contributed by atoms with E-state index in [-0.39, 0.29) is 57.5 Å². The van der Waals surface area contributed by atoms with Gasteiger partial charge in [-0.3, -0.25) is 0 Å². The van der Waals surface area contributed by atoms with Gasteiger partial charge in [0.2, 0.25) is 0 Å². The Bertz CT molecular complexity index is 1480. The van der Waals surface area contributed by atoms with Gasteiger partial charge in [-0.1, -0.05) is 18.0 Å². The molecule has 1 aromatic carbocycles. The highest BCUT2D eigenvalue weighted by Crippen LogP contribution is 2.58. The van der Waals surface area contributed by atoms with Gasteiger partial charge in [0, 0.05) is 31.3 Å². The van der Waals surface area contributed by atoms with Gasteiger partial charge in [-0.2, -0.15) is 19.6 Å². The summed E-state index contributed by atoms with van der Waals surface area (Å²) in [4.78, 5) is 22.4. The molecule has 0 bridgehead atoms. The summed E-state index contributed by atoms with van der Waals surface area (Å²) in [6.45, 7) is 7.58. The highest BCUT2D eigenvalue weighted by Gasteiger charge is 2.55. The van der Waals surface area contributed by atoms with Crippen molar-refractivity contribution in [2.24, 2.45) is 11.3 Å². The zero-order valence-corrected chi connectivity index (χ0v) is 25.3. The van der Waals surface area contributed by atoms with E-state index in [0.717, 1.165) is 44.9 Å². The summed E-state index contributed by atoms with van der Waals surface area (Å²) in [6.07, 6.45) is 7.43. The van der Waals surface area contributed by atoms with E-state index < -0.39 is 17.2 Å². The first-order valence-electron chi connectivity index (χ1n) is 14.6. The van der Waals surface area contributed by atoms with Gasteiger partial charge < -0.3 is 19.7 Å². The molecule has 12 heteroatoms. The fraction of sp³-hybridized carbons (Fsp3) is 0.600. The Morgan fingerprint density at radius 2 is 1.83 bits per heavy atom. The molecule has 3 saturated carbocycles. The number of nitrogens with zero attached hydrogens (tertiary/aromatic N) is 5. The van der Waals surface area contributed by atoms with E-state index in [1.165, 1.54) is 23.0 Å². The number of rotatable bonds is 7. The first-order chi connectivity index (χ1) is 19.8. The van der Waals surface area contributed by atoms with Crippen LogP contribution in [-0.2, 0) is 4.74 Å².